The third-order valence-electron chi connectivity index (χ3n) is 5.05. The highest BCUT2D eigenvalue weighted by atomic mass is 19.3. The Bertz CT molecular complexity index is 1070. The van der Waals surface area contributed by atoms with Crippen molar-refractivity contribution in [3.63, 3.8) is 0 Å². The lowest BCUT2D eigenvalue weighted by atomic mass is 9.98. The van der Waals surface area contributed by atoms with Crippen molar-refractivity contribution >= 4 is 11.6 Å². The van der Waals surface area contributed by atoms with Gasteiger partial charge < -0.3 is 0 Å². The summed E-state index contributed by atoms with van der Waals surface area (Å²) in [5.74, 6) is -2.85. The van der Waals surface area contributed by atoms with Crippen molar-refractivity contribution in [2.45, 2.75) is 33.6 Å². The van der Waals surface area contributed by atoms with E-state index in [-0.39, 0.29) is 5.56 Å². The predicted molar refractivity (Wildman–Crippen MR) is 131 cm³/mol. The number of halogens is 2. The van der Waals surface area contributed by atoms with Gasteiger partial charge in [0.25, 0.3) is 5.92 Å². The van der Waals surface area contributed by atoms with Crippen LogP contribution in [0.3, 0.4) is 0 Å². The van der Waals surface area contributed by atoms with Gasteiger partial charge in [0.05, 0.1) is 0 Å². The van der Waals surface area contributed by atoms with Gasteiger partial charge >= 0.3 is 0 Å². The molecule has 0 atom stereocenters. The van der Waals surface area contributed by atoms with Crippen molar-refractivity contribution < 1.29 is 8.78 Å². The highest BCUT2D eigenvalue weighted by Crippen LogP contribution is 2.27. The van der Waals surface area contributed by atoms with Crippen molar-refractivity contribution in [1.82, 2.24) is 0 Å². The summed E-state index contributed by atoms with van der Waals surface area (Å²) < 4.78 is 27.1. The molecule has 0 aromatic heterocycles. The van der Waals surface area contributed by atoms with Gasteiger partial charge in [-0.15, -0.1) is 0 Å². The number of alkyl halides is 2. The minimum absolute atomic E-state index is 0.00714. The Hall–Kier alpha value is -3.26. The maximum atomic E-state index is 13.5. The van der Waals surface area contributed by atoms with Gasteiger partial charge in [-0.2, -0.15) is 0 Å². The lowest BCUT2D eigenvalue weighted by Crippen LogP contribution is -2.06. The lowest BCUT2D eigenvalue weighted by molar-refractivity contribution is 0.0174. The fourth-order valence-electron chi connectivity index (χ4n) is 3.11. The molecule has 0 spiro atoms. The summed E-state index contributed by atoms with van der Waals surface area (Å²) in [6.45, 7) is 15.3. The smallest absolute Gasteiger partial charge is 0.202 e. The van der Waals surface area contributed by atoms with Gasteiger partial charge in [-0.3, -0.25) is 0 Å². The third kappa shape index (κ3) is 7.18. The molecule has 0 aliphatic heterocycles. The second kappa shape index (κ2) is 10.7. The average molecular weight is 417 g/mol. The van der Waals surface area contributed by atoms with Crippen LogP contribution in [0.25, 0.3) is 11.6 Å². The van der Waals surface area contributed by atoms with Crippen LogP contribution in [0.1, 0.15) is 43.0 Å². The monoisotopic (exact) mass is 416 g/mol. The van der Waals surface area contributed by atoms with Crippen molar-refractivity contribution in [3.8, 4) is 0 Å². The summed E-state index contributed by atoms with van der Waals surface area (Å²) in [6, 6.07) is 14.6. The molecule has 0 N–H and O–H groups in total. The second-order valence-corrected chi connectivity index (χ2v) is 7.66. The Morgan fingerprint density at radius 2 is 1.65 bits per heavy atom. The number of hydrogen-bond donors (Lipinski definition) is 0. The average Bonchev–Trinajstić information content (AvgIpc) is 2.73. The summed E-state index contributed by atoms with van der Waals surface area (Å²) in [7, 11) is 0. The van der Waals surface area contributed by atoms with Crippen LogP contribution in [0.15, 0.2) is 109 Å². The molecule has 0 fully saturated rings. The van der Waals surface area contributed by atoms with Gasteiger partial charge in [-0.1, -0.05) is 92.1 Å². The van der Waals surface area contributed by atoms with Crippen LogP contribution in [-0.4, -0.2) is 0 Å². The van der Waals surface area contributed by atoms with Crippen LogP contribution in [0, 0.1) is 6.92 Å². The van der Waals surface area contributed by atoms with Crippen LogP contribution in [-0.2, 0) is 5.92 Å². The predicted octanol–water partition coefficient (Wildman–Crippen LogP) is 8.84. The van der Waals surface area contributed by atoms with E-state index in [1.807, 2.05) is 61.6 Å². The van der Waals surface area contributed by atoms with Gasteiger partial charge in [-0.25, -0.2) is 8.78 Å². The normalized spacial score (nSPS) is 13.2. The SMILES string of the molecule is C=C(\C=C/C(=C\C)/C=C/c1cccc(C(C)(F)F)c1)C(=C)/C=C(/C)c1ccccc1C. The van der Waals surface area contributed by atoms with E-state index < -0.39 is 5.92 Å². The molecule has 0 saturated carbocycles. The molecule has 0 amide bonds. The quantitative estimate of drug-likeness (QED) is 0.377. The van der Waals surface area contributed by atoms with Crippen molar-refractivity contribution in [2.75, 3.05) is 0 Å². The first-order valence-corrected chi connectivity index (χ1v) is 10.2. The van der Waals surface area contributed by atoms with Gasteiger partial charge in [0, 0.05) is 12.5 Å². The Morgan fingerprint density at radius 1 is 0.935 bits per heavy atom. The van der Waals surface area contributed by atoms with Crippen LogP contribution in [0.5, 0.6) is 0 Å². The maximum Gasteiger partial charge on any atom is 0.270 e. The third-order valence-corrected chi connectivity index (χ3v) is 5.05. The van der Waals surface area contributed by atoms with E-state index in [2.05, 4.69) is 39.1 Å². The minimum Gasteiger partial charge on any atom is -0.202 e. The van der Waals surface area contributed by atoms with Gasteiger partial charge in [0.1, 0.15) is 0 Å². The molecule has 31 heavy (non-hydrogen) atoms. The van der Waals surface area contributed by atoms with Gasteiger partial charge in [0.2, 0.25) is 0 Å². The molecule has 0 nitrogen and oxygen atoms in total. The summed E-state index contributed by atoms with van der Waals surface area (Å²) in [6.07, 6.45) is 11.6. The number of hydrogen-bond acceptors (Lipinski definition) is 0. The van der Waals surface area contributed by atoms with Crippen molar-refractivity contribution in [1.29, 1.82) is 0 Å². The zero-order valence-electron chi connectivity index (χ0n) is 18.8. The highest BCUT2D eigenvalue weighted by Gasteiger charge is 2.23. The number of allylic oxidation sites excluding steroid dienone is 9. The topological polar surface area (TPSA) is 0 Å². The lowest BCUT2D eigenvalue weighted by Gasteiger charge is -2.10. The van der Waals surface area contributed by atoms with E-state index in [9.17, 15) is 8.78 Å². The van der Waals surface area contributed by atoms with Gasteiger partial charge in [0.15, 0.2) is 0 Å². The first kappa shape index (κ1) is 24.0. The molecule has 160 valence electrons. The molecule has 0 heterocycles. The molecule has 2 heteroatoms. The summed E-state index contributed by atoms with van der Waals surface area (Å²) in [4.78, 5) is 0. The number of aryl methyl sites for hydroxylation is 1. The zero-order valence-corrected chi connectivity index (χ0v) is 18.8. The van der Waals surface area contributed by atoms with E-state index in [0.717, 1.165) is 34.8 Å². The first-order valence-electron chi connectivity index (χ1n) is 10.2. The Labute approximate surface area is 185 Å². The molecule has 0 radical (unpaired) electrons. The molecule has 0 unspecified atom stereocenters. The van der Waals surface area contributed by atoms with Crippen LogP contribution in [0.4, 0.5) is 8.78 Å². The Balaban J connectivity index is 2.10. The molecule has 2 aromatic carbocycles. The molecular formula is C29H30F2. The number of benzene rings is 2. The first-order chi connectivity index (χ1) is 14.6. The van der Waals surface area contributed by atoms with Crippen LogP contribution in [0.2, 0.25) is 0 Å². The van der Waals surface area contributed by atoms with E-state index in [1.54, 1.807) is 6.07 Å². The highest BCUT2D eigenvalue weighted by molar-refractivity contribution is 5.70. The Kier molecular flexibility index (Phi) is 8.27. The molecule has 2 rings (SSSR count). The van der Waals surface area contributed by atoms with E-state index >= 15 is 0 Å². The van der Waals surface area contributed by atoms with Crippen molar-refractivity contribution in [2.24, 2.45) is 0 Å². The molecule has 0 saturated heterocycles. The van der Waals surface area contributed by atoms with E-state index in [1.165, 1.54) is 23.3 Å². The largest absolute Gasteiger partial charge is 0.270 e. The fourth-order valence-corrected chi connectivity index (χ4v) is 3.11. The zero-order chi connectivity index (χ0) is 23.0. The molecule has 0 bridgehead atoms. The van der Waals surface area contributed by atoms with Crippen LogP contribution >= 0.6 is 0 Å². The van der Waals surface area contributed by atoms with Crippen molar-refractivity contribution in [3.05, 3.63) is 131 Å². The standard InChI is InChI=1S/C29H30F2/c1-7-25(17-18-26-12-10-13-27(20-26)29(6,30)31)16-15-21(2)23(4)19-24(5)28-14-9-8-11-22(28)3/h7-20H,2,4H2,1,3,5-6H3/b16-15-,18-17+,24-19-,25-7+. The van der Waals surface area contributed by atoms with Gasteiger partial charge in [-0.05, 0) is 65.8 Å². The Morgan fingerprint density at radius 3 is 2.29 bits per heavy atom. The maximum absolute atomic E-state index is 13.5. The van der Waals surface area contributed by atoms with Crippen LogP contribution < -0.4 is 0 Å². The van der Waals surface area contributed by atoms with E-state index in [4.69, 9.17) is 0 Å². The summed E-state index contributed by atoms with van der Waals surface area (Å²) in [5.41, 5.74) is 6.88. The molecular weight excluding hydrogens is 386 g/mol. The second-order valence-electron chi connectivity index (χ2n) is 7.66. The van der Waals surface area contributed by atoms with E-state index in [0.29, 0.717) is 0 Å². The minimum atomic E-state index is -2.85. The summed E-state index contributed by atoms with van der Waals surface area (Å²) in [5, 5.41) is 0. The molecule has 0 aliphatic rings. The molecule has 0 aliphatic carbocycles. The number of rotatable bonds is 8. The summed E-state index contributed by atoms with van der Waals surface area (Å²) >= 11 is 0. The molecule has 2 aromatic rings. The fraction of sp³-hybridized carbons (Fsp3) is 0.172.